The van der Waals surface area contributed by atoms with Crippen molar-refractivity contribution in [3.05, 3.63) is 35.4 Å². The number of hydrogen-bond donors (Lipinski definition) is 1. The monoisotopic (exact) mass is 246 g/mol. The topological polar surface area (TPSA) is 32.3 Å². The Kier molecular flexibility index (Phi) is 4.02. The molecular weight excluding hydrogens is 224 g/mol. The Morgan fingerprint density at radius 1 is 1.39 bits per heavy atom. The average Bonchev–Trinajstić information content (AvgIpc) is 2.25. The summed E-state index contributed by atoms with van der Waals surface area (Å²) in [5, 5.41) is 2.91. The lowest BCUT2D eigenvalue weighted by molar-refractivity contribution is -0.119. The molecule has 0 aromatic heterocycles. The van der Waals surface area contributed by atoms with E-state index in [-0.39, 0.29) is 11.9 Å². The first kappa shape index (κ1) is 13.1. The highest BCUT2D eigenvalue weighted by atomic mass is 16.1. The molecule has 98 valence electrons. The van der Waals surface area contributed by atoms with Gasteiger partial charge in [-0.3, -0.25) is 4.79 Å². The first-order chi connectivity index (χ1) is 8.54. The number of likely N-dealkylation sites (N-methyl/N-ethyl adjacent to an activating group) is 1. The molecule has 1 aliphatic heterocycles. The summed E-state index contributed by atoms with van der Waals surface area (Å²) in [6, 6.07) is 9.03. The maximum atomic E-state index is 10.9. The number of likely N-dealkylation sites (tertiary alicyclic amines) is 1. The predicted molar refractivity (Wildman–Crippen MR) is 73.7 cm³/mol. The van der Waals surface area contributed by atoms with Gasteiger partial charge in [-0.1, -0.05) is 24.3 Å². The molecule has 3 nitrogen and oxygen atoms in total. The molecule has 1 aliphatic rings. The first-order valence-corrected chi connectivity index (χ1v) is 6.59. The van der Waals surface area contributed by atoms with Gasteiger partial charge in [-0.25, -0.2) is 0 Å². The molecule has 0 saturated carbocycles. The summed E-state index contributed by atoms with van der Waals surface area (Å²) < 4.78 is 0. The van der Waals surface area contributed by atoms with Crippen molar-refractivity contribution in [2.45, 2.75) is 32.2 Å². The fourth-order valence-electron chi connectivity index (χ4n) is 2.59. The molecule has 3 heteroatoms. The van der Waals surface area contributed by atoms with Crippen LogP contribution in [0.2, 0.25) is 0 Å². The fourth-order valence-corrected chi connectivity index (χ4v) is 2.59. The molecule has 2 rings (SSSR count). The van der Waals surface area contributed by atoms with E-state index < -0.39 is 0 Å². The van der Waals surface area contributed by atoms with Crippen molar-refractivity contribution in [2.24, 2.45) is 0 Å². The lowest BCUT2D eigenvalue weighted by atomic mass is 9.91. The van der Waals surface area contributed by atoms with Gasteiger partial charge < -0.3 is 10.2 Å². The largest absolute Gasteiger partial charge is 0.354 e. The minimum Gasteiger partial charge on any atom is -0.354 e. The van der Waals surface area contributed by atoms with Crippen molar-refractivity contribution in [1.29, 1.82) is 0 Å². The van der Waals surface area contributed by atoms with Crippen LogP contribution in [0.5, 0.6) is 0 Å². The molecule has 0 spiro atoms. The molecule has 1 amide bonds. The Morgan fingerprint density at radius 3 is 2.50 bits per heavy atom. The summed E-state index contributed by atoms with van der Waals surface area (Å²) in [6.07, 6.45) is 0.893. The standard InChI is InChI=1S/C15H22N2O/c1-11(16-12(2)18)8-13-4-6-14(7-5-13)15-9-17(3)10-15/h4-7,11,15H,8-10H2,1-3H3,(H,16,18)/t11-/m0/s1. The minimum atomic E-state index is 0.0385. The van der Waals surface area contributed by atoms with Gasteiger partial charge >= 0.3 is 0 Å². The summed E-state index contributed by atoms with van der Waals surface area (Å²) >= 11 is 0. The van der Waals surface area contributed by atoms with Gasteiger partial charge in [0.2, 0.25) is 5.91 Å². The van der Waals surface area contributed by atoms with E-state index in [0.717, 1.165) is 6.42 Å². The second-order valence-corrected chi connectivity index (χ2v) is 5.47. The summed E-state index contributed by atoms with van der Waals surface area (Å²) in [4.78, 5) is 13.3. The van der Waals surface area contributed by atoms with Crippen molar-refractivity contribution < 1.29 is 4.79 Å². The van der Waals surface area contributed by atoms with E-state index in [1.807, 2.05) is 6.92 Å². The fraction of sp³-hybridized carbons (Fsp3) is 0.533. The predicted octanol–water partition coefficient (Wildman–Crippen LogP) is 1.78. The van der Waals surface area contributed by atoms with Gasteiger partial charge in [0, 0.05) is 32.0 Å². The molecule has 0 aliphatic carbocycles. The second kappa shape index (κ2) is 5.53. The van der Waals surface area contributed by atoms with Crippen LogP contribution < -0.4 is 5.32 Å². The van der Waals surface area contributed by atoms with Crippen LogP contribution in [0.15, 0.2) is 24.3 Å². The smallest absolute Gasteiger partial charge is 0.217 e. The van der Waals surface area contributed by atoms with E-state index in [9.17, 15) is 4.79 Å². The number of rotatable bonds is 4. The normalized spacial score (nSPS) is 18.2. The Bertz CT molecular complexity index is 407. The van der Waals surface area contributed by atoms with Crippen LogP contribution >= 0.6 is 0 Å². The SMILES string of the molecule is CC(=O)N[C@@H](C)Cc1ccc(C2CN(C)C2)cc1. The zero-order valence-corrected chi connectivity index (χ0v) is 11.4. The molecular formula is C15H22N2O. The number of hydrogen-bond acceptors (Lipinski definition) is 2. The Morgan fingerprint density at radius 2 is 2.00 bits per heavy atom. The van der Waals surface area contributed by atoms with Crippen LogP contribution in [0, 0.1) is 0 Å². The maximum absolute atomic E-state index is 10.9. The van der Waals surface area contributed by atoms with Crippen molar-refractivity contribution >= 4 is 5.91 Å². The molecule has 1 heterocycles. The van der Waals surface area contributed by atoms with Crippen molar-refractivity contribution in [3.8, 4) is 0 Å². The van der Waals surface area contributed by atoms with Crippen LogP contribution in [0.25, 0.3) is 0 Å². The number of benzene rings is 1. The third kappa shape index (κ3) is 3.33. The van der Waals surface area contributed by atoms with E-state index in [1.165, 1.54) is 24.2 Å². The molecule has 1 fully saturated rings. The minimum absolute atomic E-state index is 0.0385. The molecule has 1 N–H and O–H groups in total. The number of carbonyl (C=O) groups is 1. The van der Waals surface area contributed by atoms with Crippen LogP contribution in [0.4, 0.5) is 0 Å². The number of nitrogens with one attached hydrogen (secondary N) is 1. The third-order valence-corrected chi connectivity index (χ3v) is 3.51. The molecule has 1 aromatic rings. The molecule has 1 aromatic carbocycles. The lowest BCUT2D eigenvalue weighted by Crippen LogP contribution is -2.41. The van der Waals surface area contributed by atoms with Gasteiger partial charge in [-0.15, -0.1) is 0 Å². The number of amides is 1. The van der Waals surface area contributed by atoms with Crippen LogP contribution in [-0.2, 0) is 11.2 Å². The summed E-state index contributed by atoms with van der Waals surface area (Å²) in [5.74, 6) is 0.744. The number of nitrogens with zero attached hydrogens (tertiary/aromatic N) is 1. The summed E-state index contributed by atoms with van der Waals surface area (Å²) in [7, 11) is 2.15. The van der Waals surface area contributed by atoms with E-state index in [4.69, 9.17) is 0 Å². The van der Waals surface area contributed by atoms with Crippen molar-refractivity contribution in [2.75, 3.05) is 20.1 Å². The summed E-state index contributed by atoms with van der Waals surface area (Å²) in [5.41, 5.74) is 2.72. The highest BCUT2D eigenvalue weighted by Gasteiger charge is 2.24. The van der Waals surface area contributed by atoms with Gasteiger partial charge in [0.25, 0.3) is 0 Å². The van der Waals surface area contributed by atoms with Crippen molar-refractivity contribution in [1.82, 2.24) is 10.2 Å². The van der Waals surface area contributed by atoms with Crippen LogP contribution in [0.1, 0.15) is 30.9 Å². The molecule has 18 heavy (non-hydrogen) atoms. The van der Waals surface area contributed by atoms with E-state index in [2.05, 4.69) is 41.5 Å². The van der Waals surface area contributed by atoms with E-state index in [0.29, 0.717) is 5.92 Å². The number of carbonyl (C=O) groups excluding carboxylic acids is 1. The molecule has 1 atom stereocenters. The van der Waals surface area contributed by atoms with Gasteiger partial charge in [-0.05, 0) is 31.5 Å². The third-order valence-electron chi connectivity index (χ3n) is 3.51. The van der Waals surface area contributed by atoms with Crippen LogP contribution in [-0.4, -0.2) is 37.0 Å². The van der Waals surface area contributed by atoms with Gasteiger partial charge in [0.1, 0.15) is 0 Å². The first-order valence-electron chi connectivity index (χ1n) is 6.59. The van der Waals surface area contributed by atoms with E-state index >= 15 is 0 Å². The summed E-state index contributed by atoms with van der Waals surface area (Å²) in [6.45, 7) is 5.94. The Balaban J connectivity index is 1.89. The second-order valence-electron chi connectivity index (χ2n) is 5.47. The molecule has 1 saturated heterocycles. The zero-order chi connectivity index (χ0) is 13.1. The molecule has 0 bridgehead atoms. The van der Waals surface area contributed by atoms with Crippen molar-refractivity contribution in [3.63, 3.8) is 0 Å². The quantitative estimate of drug-likeness (QED) is 0.878. The average molecular weight is 246 g/mol. The molecule has 0 radical (unpaired) electrons. The lowest BCUT2D eigenvalue weighted by Gasteiger charge is -2.36. The van der Waals surface area contributed by atoms with Gasteiger partial charge in [0.15, 0.2) is 0 Å². The highest BCUT2D eigenvalue weighted by molar-refractivity contribution is 5.73. The van der Waals surface area contributed by atoms with Gasteiger partial charge in [-0.2, -0.15) is 0 Å². The van der Waals surface area contributed by atoms with Gasteiger partial charge in [0.05, 0.1) is 0 Å². The van der Waals surface area contributed by atoms with E-state index in [1.54, 1.807) is 6.92 Å². The Labute approximate surface area is 109 Å². The molecule has 0 unspecified atom stereocenters. The maximum Gasteiger partial charge on any atom is 0.217 e. The highest BCUT2D eigenvalue weighted by Crippen LogP contribution is 2.25. The van der Waals surface area contributed by atoms with Crippen LogP contribution in [0.3, 0.4) is 0 Å². The zero-order valence-electron chi connectivity index (χ0n) is 11.4. The Hall–Kier alpha value is -1.35.